The second-order valence-electron chi connectivity index (χ2n) is 6.47. The first-order chi connectivity index (χ1) is 12.1. The third-order valence-electron chi connectivity index (χ3n) is 5.00. The molecule has 2 rings (SSSR count). The molecule has 1 aliphatic rings. The largest absolute Gasteiger partial charge is 0.450 e. The second-order valence-corrected chi connectivity index (χ2v) is 7.42. The summed E-state index contributed by atoms with van der Waals surface area (Å²) >= 11 is 1.41. The number of esters is 1. The van der Waals surface area contributed by atoms with Gasteiger partial charge in [0, 0.05) is 10.8 Å². The van der Waals surface area contributed by atoms with Gasteiger partial charge in [-0.2, -0.15) is 0 Å². The number of aliphatic hydroxyl groups is 1. The van der Waals surface area contributed by atoms with Crippen LogP contribution in [-0.2, 0) is 15.1 Å². The Kier molecular flexibility index (Phi) is 10.3. The molecule has 0 bridgehead atoms. The van der Waals surface area contributed by atoms with Crippen LogP contribution >= 0.6 is 23.7 Å². The van der Waals surface area contributed by atoms with Gasteiger partial charge < -0.3 is 9.84 Å². The van der Waals surface area contributed by atoms with Crippen molar-refractivity contribution in [1.82, 2.24) is 4.90 Å². The standard InChI is InChI=1S/C20H29NO3S.ClH/c1-3-21(4-2)14-8-9-15-24-19(22)20(23,18-13-10-16-25-18)17-11-6-5-7-12-17;/h10,13,16-17,23H,3-7,11-12,14-15H2,1-2H3;1H. The highest BCUT2D eigenvalue weighted by atomic mass is 35.5. The van der Waals surface area contributed by atoms with Gasteiger partial charge in [-0.25, -0.2) is 4.79 Å². The predicted molar refractivity (Wildman–Crippen MR) is 109 cm³/mol. The van der Waals surface area contributed by atoms with Crippen LogP contribution in [0.15, 0.2) is 17.5 Å². The van der Waals surface area contributed by atoms with Crippen LogP contribution in [-0.4, -0.2) is 42.2 Å². The lowest BCUT2D eigenvalue weighted by atomic mass is 9.76. The number of nitrogens with zero attached hydrogens (tertiary/aromatic N) is 1. The molecule has 1 aromatic rings. The fourth-order valence-electron chi connectivity index (χ4n) is 3.36. The molecule has 0 saturated heterocycles. The molecule has 0 aromatic carbocycles. The van der Waals surface area contributed by atoms with Crippen LogP contribution in [0, 0.1) is 17.8 Å². The number of ether oxygens (including phenoxy) is 1. The monoisotopic (exact) mass is 399 g/mol. The Bertz CT molecular complexity index is 586. The molecule has 1 unspecified atom stereocenters. The molecule has 1 heterocycles. The average molecular weight is 400 g/mol. The smallest absolute Gasteiger partial charge is 0.344 e. The maximum absolute atomic E-state index is 12.7. The highest BCUT2D eigenvalue weighted by Crippen LogP contribution is 2.41. The topological polar surface area (TPSA) is 49.8 Å². The van der Waals surface area contributed by atoms with Crippen molar-refractivity contribution in [2.75, 3.05) is 26.2 Å². The van der Waals surface area contributed by atoms with Gasteiger partial charge in [0.2, 0.25) is 0 Å². The van der Waals surface area contributed by atoms with Crippen LogP contribution < -0.4 is 0 Å². The molecule has 6 heteroatoms. The highest BCUT2D eigenvalue weighted by molar-refractivity contribution is 7.10. The first-order valence-electron chi connectivity index (χ1n) is 9.24. The zero-order valence-corrected chi connectivity index (χ0v) is 17.3. The van der Waals surface area contributed by atoms with E-state index in [1.165, 1.54) is 17.8 Å². The summed E-state index contributed by atoms with van der Waals surface area (Å²) in [6, 6.07) is 3.69. The summed E-state index contributed by atoms with van der Waals surface area (Å²) in [5.41, 5.74) is -1.53. The molecule has 1 atom stereocenters. The second kappa shape index (κ2) is 11.6. The summed E-state index contributed by atoms with van der Waals surface area (Å²) in [6.07, 6.45) is 4.99. The Morgan fingerprint density at radius 1 is 1.31 bits per heavy atom. The van der Waals surface area contributed by atoms with E-state index in [2.05, 4.69) is 30.6 Å². The third kappa shape index (κ3) is 5.72. The van der Waals surface area contributed by atoms with Gasteiger partial charge in [0.1, 0.15) is 0 Å². The molecule has 1 aliphatic carbocycles. The first kappa shape index (κ1) is 23.0. The van der Waals surface area contributed by atoms with E-state index in [1.54, 1.807) is 0 Å². The number of hydrogen-bond acceptors (Lipinski definition) is 5. The summed E-state index contributed by atoms with van der Waals surface area (Å²) in [5, 5.41) is 13.2. The molecule has 1 N–H and O–H groups in total. The molecule has 0 radical (unpaired) electrons. The van der Waals surface area contributed by atoms with Crippen LogP contribution in [0.5, 0.6) is 0 Å². The minimum atomic E-state index is -1.53. The molecule has 26 heavy (non-hydrogen) atoms. The zero-order valence-electron chi connectivity index (χ0n) is 15.7. The maximum Gasteiger partial charge on any atom is 0.344 e. The van der Waals surface area contributed by atoms with Crippen molar-refractivity contribution in [2.45, 2.75) is 51.6 Å². The van der Waals surface area contributed by atoms with E-state index >= 15 is 0 Å². The van der Waals surface area contributed by atoms with Gasteiger partial charge in [-0.15, -0.1) is 23.7 Å². The molecular weight excluding hydrogens is 370 g/mol. The van der Waals surface area contributed by atoms with E-state index in [9.17, 15) is 9.90 Å². The van der Waals surface area contributed by atoms with Gasteiger partial charge in [-0.1, -0.05) is 51.0 Å². The molecule has 1 aromatic heterocycles. The summed E-state index contributed by atoms with van der Waals surface area (Å²) in [7, 11) is 0. The van der Waals surface area contributed by atoms with Crippen LogP contribution in [0.2, 0.25) is 0 Å². The molecule has 4 nitrogen and oxygen atoms in total. The van der Waals surface area contributed by atoms with Crippen molar-refractivity contribution in [3.63, 3.8) is 0 Å². The zero-order chi connectivity index (χ0) is 18.1. The number of thiophene rings is 1. The van der Waals surface area contributed by atoms with Crippen LogP contribution in [0.25, 0.3) is 0 Å². The van der Waals surface area contributed by atoms with Gasteiger partial charge >= 0.3 is 5.97 Å². The molecule has 0 amide bonds. The quantitative estimate of drug-likeness (QED) is 0.559. The lowest BCUT2D eigenvalue weighted by Gasteiger charge is -2.35. The molecule has 0 aliphatic heterocycles. The van der Waals surface area contributed by atoms with Gasteiger partial charge in [0.25, 0.3) is 0 Å². The van der Waals surface area contributed by atoms with Crippen LogP contribution in [0.4, 0.5) is 0 Å². The van der Waals surface area contributed by atoms with Crippen molar-refractivity contribution in [2.24, 2.45) is 5.92 Å². The Morgan fingerprint density at radius 2 is 2.00 bits per heavy atom. The van der Waals surface area contributed by atoms with E-state index in [0.29, 0.717) is 11.4 Å². The van der Waals surface area contributed by atoms with Crippen LogP contribution in [0.1, 0.15) is 50.8 Å². The SMILES string of the molecule is CCN(CC)CC#CCOC(=O)C(O)(c1cccs1)C1CCCCC1.Cl. The Morgan fingerprint density at radius 3 is 2.58 bits per heavy atom. The van der Waals surface area contributed by atoms with Gasteiger partial charge in [0.15, 0.2) is 12.2 Å². The van der Waals surface area contributed by atoms with E-state index in [4.69, 9.17) is 4.74 Å². The van der Waals surface area contributed by atoms with Crippen molar-refractivity contribution < 1.29 is 14.6 Å². The Labute approximate surface area is 167 Å². The molecule has 146 valence electrons. The van der Waals surface area contributed by atoms with Crippen LogP contribution in [0.3, 0.4) is 0 Å². The molecular formula is C20H30ClNO3S. The lowest BCUT2D eigenvalue weighted by Crippen LogP contribution is -2.44. The van der Waals surface area contributed by atoms with E-state index < -0.39 is 11.6 Å². The fourth-order valence-corrected chi connectivity index (χ4v) is 4.25. The maximum atomic E-state index is 12.7. The number of rotatable bonds is 7. The van der Waals surface area contributed by atoms with Crippen molar-refractivity contribution >= 4 is 29.7 Å². The van der Waals surface area contributed by atoms with E-state index in [1.807, 2.05) is 17.5 Å². The van der Waals surface area contributed by atoms with Crippen molar-refractivity contribution in [1.29, 1.82) is 0 Å². The predicted octanol–water partition coefficient (Wildman–Crippen LogP) is 3.83. The lowest BCUT2D eigenvalue weighted by molar-refractivity contribution is -0.173. The number of carbonyl (C=O) groups is 1. The number of halogens is 1. The molecule has 1 fully saturated rings. The van der Waals surface area contributed by atoms with Gasteiger partial charge in [-0.3, -0.25) is 4.90 Å². The number of carbonyl (C=O) groups excluding carboxylic acids is 1. The number of hydrogen-bond donors (Lipinski definition) is 1. The Hall–Kier alpha value is -1.06. The van der Waals surface area contributed by atoms with Crippen molar-refractivity contribution in [3.8, 4) is 11.8 Å². The average Bonchev–Trinajstić information content (AvgIpc) is 3.19. The summed E-state index contributed by atoms with van der Waals surface area (Å²) in [6.45, 7) is 6.78. The van der Waals surface area contributed by atoms with Crippen molar-refractivity contribution in [3.05, 3.63) is 22.4 Å². The summed E-state index contributed by atoms with van der Waals surface area (Å²) < 4.78 is 5.36. The highest BCUT2D eigenvalue weighted by Gasteiger charge is 2.47. The first-order valence-corrected chi connectivity index (χ1v) is 10.1. The van der Waals surface area contributed by atoms with Gasteiger partial charge in [0.05, 0.1) is 6.54 Å². The van der Waals surface area contributed by atoms with E-state index in [-0.39, 0.29) is 24.9 Å². The summed E-state index contributed by atoms with van der Waals surface area (Å²) in [5.74, 6) is 5.29. The fraction of sp³-hybridized carbons (Fsp3) is 0.650. The normalized spacial score (nSPS) is 16.9. The minimum Gasteiger partial charge on any atom is -0.450 e. The molecule has 0 spiro atoms. The Balaban J connectivity index is 0.00000338. The molecule has 1 saturated carbocycles. The van der Waals surface area contributed by atoms with Gasteiger partial charge in [-0.05, 0) is 37.4 Å². The minimum absolute atomic E-state index is 0. The third-order valence-corrected chi connectivity index (χ3v) is 6.00. The van der Waals surface area contributed by atoms with E-state index in [0.717, 1.165) is 38.8 Å². The summed E-state index contributed by atoms with van der Waals surface area (Å²) in [4.78, 5) is 15.6.